The van der Waals surface area contributed by atoms with E-state index in [9.17, 15) is 9.59 Å². The van der Waals surface area contributed by atoms with Crippen LogP contribution in [0.15, 0.2) is 28.7 Å². The molecule has 0 heterocycles. The summed E-state index contributed by atoms with van der Waals surface area (Å²) in [6, 6.07) is 5.31. The third-order valence-corrected chi connectivity index (χ3v) is 3.29. The molecule has 5 nitrogen and oxygen atoms in total. The number of halogens is 1. The third-order valence-electron chi connectivity index (χ3n) is 2.67. The molecule has 0 radical (unpaired) electrons. The lowest BCUT2D eigenvalue weighted by Gasteiger charge is -2.11. The number of carboxylic acids is 1. The first kappa shape index (κ1) is 17.2. The van der Waals surface area contributed by atoms with Crippen LogP contribution >= 0.6 is 15.9 Å². The van der Waals surface area contributed by atoms with Crippen LogP contribution in [0.2, 0.25) is 0 Å². The Balaban J connectivity index is 2.50. The monoisotopic (exact) mass is 355 g/mol. The number of carbonyl (C=O) groups excluding carboxylic acids is 1. The summed E-state index contributed by atoms with van der Waals surface area (Å²) in [4.78, 5) is 23.4. The van der Waals surface area contributed by atoms with Crippen molar-refractivity contribution in [2.45, 2.75) is 12.8 Å². The van der Waals surface area contributed by atoms with Gasteiger partial charge in [-0.15, -0.1) is 0 Å². The van der Waals surface area contributed by atoms with Gasteiger partial charge in [-0.1, -0.05) is 6.07 Å². The van der Waals surface area contributed by atoms with Crippen molar-refractivity contribution in [1.82, 2.24) is 4.90 Å². The van der Waals surface area contributed by atoms with Gasteiger partial charge in [0.1, 0.15) is 5.75 Å². The Kier molecular flexibility index (Phi) is 6.94. The van der Waals surface area contributed by atoms with Gasteiger partial charge < -0.3 is 14.7 Å². The molecule has 0 spiro atoms. The Morgan fingerprint density at radius 3 is 2.67 bits per heavy atom. The molecule has 1 amide bonds. The van der Waals surface area contributed by atoms with Crippen molar-refractivity contribution in [2.75, 3.05) is 20.7 Å². The first-order valence-electron chi connectivity index (χ1n) is 6.43. The number of benzene rings is 1. The Morgan fingerprint density at radius 1 is 1.38 bits per heavy atom. The van der Waals surface area contributed by atoms with Gasteiger partial charge in [0.15, 0.2) is 0 Å². The minimum Gasteiger partial charge on any atom is -0.492 e. The van der Waals surface area contributed by atoms with Crippen LogP contribution in [0, 0.1) is 0 Å². The van der Waals surface area contributed by atoms with Crippen molar-refractivity contribution >= 4 is 33.9 Å². The van der Waals surface area contributed by atoms with E-state index in [0.29, 0.717) is 25.2 Å². The van der Waals surface area contributed by atoms with Gasteiger partial charge in [-0.05, 0) is 46.1 Å². The Bertz CT molecular complexity index is 540. The third kappa shape index (κ3) is 6.44. The van der Waals surface area contributed by atoms with E-state index >= 15 is 0 Å². The highest BCUT2D eigenvalue weighted by molar-refractivity contribution is 9.10. The molecule has 0 aromatic heterocycles. The van der Waals surface area contributed by atoms with E-state index in [1.54, 1.807) is 37.2 Å². The standard InChI is InChI=1S/C15H18BrNO4/c1-17(2)14(18)4-3-9-21-13-7-5-11(10-12(13)16)6-8-15(19)20/h5-8,10H,3-4,9H2,1-2H3,(H,19,20). The summed E-state index contributed by atoms with van der Waals surface area (Å²) in [6.45, 7) is 0.447. The number of ether oxygens (including phenoxy) is 1. The first-order valence-corrected chi connectivity index (χ1v) is 7.23. The lowest BCUT2D eigenvalue weighted by molar-refractivity contribution is -0.131. The molecule has 0 aliphatic carbocycles. The lowest BCUT2D eigenvalue weighted by Crippen LogP contribution is -2.21. The molecular formula is C15H18BrNO4. The van der Waals surface area contributed by atoms with Crippen molar-refractivity contribution in [3.05, 3.63) is 34.3 Å². The minimum atomic E-state index is -0.989. The molecule has 21 heavy (non-hydrogen) atoms. The SMILES string of the molecule is CN(C)C(=O)CCCOc1ccc(C=CC(=O)O)cc1Br. The Morgan fingerprint density at radius 2 is 2.10 bits per heavy atom. The highest BCUT2D eigenvalue weighted by Crippen LogP contribution is 2.26. The predicted octanol–water partition coefficient (Wildman–Crippen LogP) is 2.79. The zero-order valence-electron chi connectivity index (χ0n) is 12.0. The number of carboxylic acid groups (broad SMARTS) is 1. The molecule has 1 rings (SSSR count). The molecular weight excluding hydrogens is 338 g/mol. The molecule has 0 saturated heterocycles. The second kappa shape index (κ2) is 8.46. The minimum absolute atomic E-state index is 0.0758. The molecule has 1 aromatic rings. The van der Waals surface area contributed by atoms with E-state index in [1.807, 2.05) is 0 Å². The second-order valence-electron chi connectivity index (χ2n) is 4.60. The van der Waals surface area contributed by atoms with Crippen LogP contribution in [0.25, 0.3) is 6.08 Å². The van der Waals surface area contributed by atoms with Gasteiger partial charge in [-0.2, -0.15) is 0 Å². The fourth-order valence-electron chi connectivity index (χ4n) is 1.53. The van der Waals surface area contributed by atoms with E-state index in [2.05, 4.69) is 15.9 Å². The number of nitrogens with zero attached hydrogens (tertiary/aromatic N) is 1. The maximum atomic E-state index is 11.4. The van der Waals surface area contributed by atoms with Gasteiger partial charge >= 0.3 is 5.97 Å². The molecule has 1 N–H and O–H groups in total. The van der Waals surface area contributed by atoms with Crippen molar-refractivity contribution < 1.29 is 19.4 Å². The van der Waals surface area contributed by atoms with E-state index in [1.165, 1.54) is 6.08 Å². The van der Waals surface area contributed by atoms with E-state index in [4.69, 9.17) is 9.84 Å². The van der Waals surface area contributed by atoms with Crippen LogP contribution < -0.4 is 4.74 Å². The second-order valence-corrected chi connectivity index (χ2v) is 5.46. The van der Waals surface area contributed by atoms with Crippen molar-refractivity contribution in [2.24, 2.45) is 0 Å². The van der Waals surface area contributed by atoms with Crippen LogP contribution in [0.3, 0.4) is 0 Å². The average Bonchev–Trinajstić information content (AvgIpc) is 2.42. The van der Waals surface area contributed by atoms with Crippen LogP contribution in [0.4, 0.5) is 0 Å². The number of carbonyl (C=O) groups is 2. The zero-order chi connectivity index (χ0) is 15.8. The molecule has 6 heteroatoms. The van der Waals surface area contributed by atoms with E-state index < -0.39 is 5.97 Å². The lowest BCUT2D eigenvalue weighted by atomic mass is 10.2. The normalized spacial score (nSPS) is 10.6. The van der Waals surface area contributed by atoms with Gasteiger partial charge in [0.2, 0.25) is 5.91 Å². The molecule has 0 fully saturated rings. The van der Waals surface area contributed by atoms with Gasteiger partial charge in [0.25, 0.3) is 0 Å². The quantitative estimate of drug-likeness (QED) is 0.603. The molecule has 0 saturated carbocycles. The van der Waals surface area contributed by atoms with Crippen LogP contribution in [0.5, 0.6) is 5.75 Å². The van der Waals surface area contributed by atoms with Gasteiger partial charge in [0, 0.05) is 26.6 Å². The molecule has 114 valence electrons. The van der Waals surface area contributed by atoms with Crippen LogP contribution in [-0.4, -0.2) is 42.6 Å². The maximum absolute atomic E-state index is 11.4. The van der Waals surface area contributed by atoms with E-state index in [-0.39, 0.29) is 5.91 Å². The molecule has 1 aromatic carbocycles. The number of rotatable bonds is 7. The van der Waals surface area contributed by atoms with Crippen LogP contribution in [0.1, 0.15) is 18.4 Å². The largest absolute Gasteiger partial charge is 0.492 e. The Hall–Kier alpha value is -1.82. The molecule has 0 unspecified atom stereocenters. The fourth-order valence-corrected chi connectivity index (χ4v) is 2.05. The van der Waals surface area contributed by atoms with Gasteiger partial charge in [0.05, 0.1) is 11.1 Å². The molecule has 0 bridgehead atoms. The highest BCUT2D eigenvalue weighted by Gasteiger charge is 2.05. The summed E-state index contributed by atoms with van der Waals surface area (Å²) in [5, 5.41) is 8.57. The summed E-state index contributed by atoms with van der Waals surface area (Å²) in [5.41, 5.74) is 0.763. The first-order chi connectivity index (χ1) is 9.90. The molecule has 0 atom stereocenters. The van der Waals surface area contributed by atoms with E-state index in [0.717, 1.165) is 16.1 Å². The summed E-state index contributed by atoms with van der Waals surface area (Å²) < 4.78 is 6.33. The Labute approximate surface area is 132 Å². The number of amides is 1. The zero-order valence-corrected chi connectivity index (χ0v) is 13.6. The average molecular weight is 356 g/mol. The summed E-state index contributed by atoms with van der Waals surface area (Å²) in [6.07, 6.45) is 3.68. The van der Waals surface area contributed by atoms with Crippen molar-refractivity contribution in [1.29, 1.82) is 0 Å². The predicted molar refractivity (Wildman–Crippen MR) is 84.2 cm³/mol. The van der Waals surface area contributed by atoms with Crippen molar-refractivity contribution in [3.63, 3.8) is 0 Å². The summed E-state index contributed by atoms with van der Waals surface area (Å²) >= 11 is 3.38. The molecule has 0 aliphatic rings. The van der Waals surface area contributed by atoms with Crippen molar-refractivity contribution in [3.8, 4) is 5.75 Å². The van der Waals surface area contributed by atoms with Gasteiger partial charge in [-0.3, -0.25) is 4.79 Å². The topological polar surface area (TPSA) is 66.8 Å². The maximum Gasteiger partial charge on any atom is 0.328 e. The number of hydrogen-bond acceptors (Lipinski definition) is 3. The number of hydrogen-bond donors (Lipinski definition) is 1. The smallest absolute Gasteiger partial charge is 0.328 e. The molecule has 0 aliphatic heterocycles. The van der Waals surface area contributed by atoms with Crippen LogP contribution in [-0.2, 0) is 9.59 Å². The fraction of sp³-hybridized carbons (Fsp3) is 0.333. The van der Waals surface area contributed by atoms with Gasteiger partial charge in [-0.25, -0.2) is 4.79 Å². The summed E-state index contributed by atoms with van der Waals surface area (Å²) in [7, 11) is 3.45. The highest BCUT2D eigenvalue weighted by atomic mass is 79.9. The summed E-state index contributed by atoms with van der Waals surface area (Å²) in [5.74, 6) is -0.247. The number of aliphatic carboxylic acids is 1.